The lowest BCUT2D eigenvalue weighted by Gasteiger charge is -2.09. The average Bonchev–Trinajstić information content (AvgIpc) is 2.82. The molecular weight excluding hydrogens is 414 g/mol. The molecule has 0 aliphatic rings. The molecular formula is C28H24ClN3. The first-order chi connectivity index (χ1) is 15.5. The van der Waals surface area contributed by atoms with Gasteiger partial charge in [0.25, 0.3) is 0 Å². The Labute approximate surface area is 194 Å². The third-order valence-corrected chi connectivity index (χ3v) is 4.99. The molecule has 0 bridgehead atoms. The van der Waals surface area contributed by atoms with Crippen molar-refractivity contribution in [3.63, 3.8) is 0 Å². The molecule has 3 nitrogen and oxygen atoms in total. The van der Waals surface area contributed by atoms with E-state index in [1.165, 1.54) is 0 Å². The van der Waals surface area contributed by atoms with Crippen molar-refractivity contribution in [2.24, 2.45) is 9.98 Å². The van der Waals surface area contributed by atoms with Crippen LogP contribution in [0, 0.1) is 5.41 Å². The highest BCUT2D eigenvalue weighted by Gasteiger charge is 2.08. The molecule has 0 radical (unpaired) electrons. The van der Waals surface area contributed by atoms with Crippen molar-refractivity contribution in [3.8, 4) is 22.3 Å². The molecule has 0 unspecified atom stereocenters. The number of benzene rings is 3. The van der Waals surface area contributed by atoms with Gasteiger partial charge in [-0.25, -0.2) is 9.98 Å². The van der Waals surface area contributed by atoms with Gasteiger partial charge in [0.1, 0.15) is 0 Å². The summed E-state index contributed by atoms with van der Waals surface area (Å²) >= 11 is 6.17. The minimum atomic E-state index is 0.0961. The van der Waals surface area contributed by atoms with E-state index in [1.54, 1.807) is 12.2 Å². The molecule has 0 fully saturated rings. The van der Waals surface area contributed by atoms with Crippen molar-refractivity contribution in [1.82, 2.24) is 0 Å². The minimum absolute atomic E-state index is 0.0961. The van der Waals surface area contributed by atoms with Crippen molar-refractivity contribution in [1.29, 1.82) is 5.41 Å². The van der Waals surface area contributed by atoms with E-state index in [-0.39, 0.29) is 5.84 Å². The van der Waals surface area contributed by atoms with Gasteiger partial charge in [-0.1, -0.05) is 91.0 Å². The van der Waals surface area contributed by atoms with Gasteiger partial charge in [0, 0.05) is 16.2 Å². The van der Waals surface area contributed by atoms with Gasteiger partial charge in [0.05, 0.1) is 0 Å². The second-order valence-electron chi connectivity index (χ2n) is 6.97. The number of allylic oxidation sites excluding steroid dienone is 3. The van der Waals surface area contributed by atoms with E-state index in [1.807, 2.05) is 73.7 Å². The van der Waals surface area contributed by atoms with Gasteiger partial charge in [-0.2, -0.15) is 0 Å². The maximum absolute atomic E-state index is 8.34. The second-order valence-corrected chi connectivity index (χ2v) is 7.41. The number of rotatable bonds is 6. The molecule has 0 amide bonds. The van der Waals surface area contributed by atoms with Gasteiger partial charge in [0.2, 0.25) is 0 Å². The molecule has 32 heavy (non-hydrogen) atoms. The third kappa shape index (κ3) is 5.65. The summed E-state index contributed by atoms with van der Waals surface area (Å²) in [6, 6.07) is 24.0. The summed E-state index contributed by atoms with van der Waals surface area (Å²) in [6.45, 7) is 9.25. The lowest BCUT2D eigenvalue weighted by atomic mass is 9.98. The number of hydrogen-bond donors (Lipinski definition) is 1. The topological polar surface area (TPSA) is 48.6 Å². The van der Waals surface area contributed by atoms with Crippen LogP contribution in [0.5, 0.6) is 0 Å². The minimum Gasteiger partial charge on any atom is -0.282 e. The maximum atomic E-state index is 8.34. The first kappa shape index (κ1) is 22.9. The molecule has 0 spiro atoms. The second kappa shape index (κ2) is 11.0. The Morgan fingerprint density at radius 2 is 1.50 bits per heavy atom. The Kier molecular flexibility index (Phi) is 7.85. The largest absolute Gasteiger partial charge is 0.282 e. The van der Waals surface area contributed by atoms with Crippen molar-refractivity contribution in [2.75, 3.05) is 0 Å². The summed E-state index contributed by atoms with van der Waals surface area (Å²) in [4.78, 5) is 8.48. The average molecular weight is 438 g/mol. The Morgan fingerprint density at radius 1 is 0.906 bits per heavy atom. The number of nitrogens with one attached hydrogen (secondary N) is 1. The van der Waals surface area contributed by atoms with Crippen LogP contribution in [0.1, 0.15) is 12.5 Å². The van der Waals surface area contributed by atoms with Crippen LogP contribution in [0.2, 0.25) is 5.02 Å². The monoisotopic (exact) mass is 437 g/mol. The molecule has 0 saturated carbocycles. The molecule has 0 saturated heterocycles. The number of aliphatic imine (C=N–C) groups is 2. The van der Waals surface area contributed by atoms with Gasteiger partial charge in [-0.3, -0.25) is 5.41 Å². The summed E-state index contributed by atoms with van der Waals surface area (Å²) in [5, 5.41) is 9.05. The maximum Gasteiger partial charge on any atom is 0.161 e. The molecule has 3 rings (SSSR count). The van der Waals surface area contributed by atoms with Crippen LogP contribution in [0.3, 0.4) is 0 Å². The van der Waals surface area contributed by atoms with Crippen LogP contribution in [-0.4, -0.2) is 18.4 Å². The van der Waals surface area contributed by atoms with E-state index in [2.05, 4.69) is 41.5 Å². The van der Waals surface area contributed by atoms with Gasteiger partial charge < -0.3 is 0 Å². The van der Waals surface area contributed by atoms with Crippen LogP contribution in [0.15, 0.2) is 119 Å². The summed E-state index contributed by atoms with van der Waals surface area (Å²) in [5.41, 5.74) is 5.65. The van der Waals surface area contributed by atoms with E-state index in [9.17, 15) is 0 Å². The predicted octanol–water partition coefficient (Wildman–Crippen LogP) is 7.79. The molecule has 0 aromatic heterocycles. The molecule has 0 aliphatic carbocycles. The van der Waals surface area contributed by atoms with Crippen LogP contribution >= 0.6 is 11.6 Å². The standard InChI is InChI=1S/C28H24ClN3/c1-4-9-20(10-5-2)27(30)32-28(31-3)25-15-7-13-23(18-25)21-11-6-12-22(17-21)24-14-8-16-26(29)19-24/h4-19,30H,1,3H2,2H3/b10-5-,20-9+,30-27?,32-28?. The Morgan fingerprint density at radius 3 is 2.09 bits per heavy atom. The molecule has 3 aromatic rings. The van der Waals surface area contributed by atoms with E-state index in [4.69, 9.17) is 17.0 Å². The van der Waals surface area contributed by atoms with Gasteiger partial charge >= 0.3 is 0 Å². The quantitative estimate of drug-likeness (QED) is 0.232. The predicted molar refractivity (Wildman–Crippen MR) is 139 cm³/mol. The zero-order valence-corrected chi connectivity index (χ0v) is 18.7. The van der Waals surface area contributed by atoms with E-state index in [0.717, 1.165) is 27.8 Å². The number of hydrogen-bond acceptors (Lipinski definition) is 1. The number of halogens is 1. The van der Waals surface area contributed by atoms with Gasteiger partial charge in [0.15, 0.2) is 11.7 Å². The Hall–Kier alpha value is -3.82. The van der Waals surface area contributed by atoms with Crippen molar-refractivity contribution in [3.05, 3.63) is 120 Å². The van der Waals surface area contributed by atoms with Crippen molar-refractivity contribution in [2.45, 2.75) is 6.92 Å². The number of amidine groups is 2. The van der Waals surface area contributed by atoms with E-state index in [0.29, 0.717) is 16.4 Å². The molecule has 0 atom stereocenters. The molecule has 4 heteroatoms. The van der Waals surface area contributed by atoms with Gasteiger partial charge in [-0.15, -0.1) is 0 Å². The molecule has 0 aliphatic heterocycles. The highest BCUT2D eigenvalue weighted by atomic mass is 35.5. The van der Waals surface area contributed by atoms with Crippen molar-refractivity contribution >= 4 is 30.0 Å². The highest BCUT2D eigenvalue weighted by molar-refractivity contribution is 6.30. The van der Waals surface area contributed by atoms with Crippen LogP contribution in [0.25, 0.3) is 22.3 Å². The normalized spacial score (nSPS) is 12.1. The zero-order valence-electron chi connectivity index (χ0n) is 17.9. The smallest absolute Gasteiger partial charge is 0.161 e. The summed E-state index contributed by atoms with van der Waals surface area (Å²) in [5.74, 6) is 0.487. The van der Waals surface area contributed by atoms with Crippen LogP contribution < -0.4 is 0 Å². The first-order valence-corrected chi connectivity index (χ1v) is 10.5. The first-order valence-electron chi connectivity index (χ1n) is 10.1. The van der Waals surface area contributed by atoms with Crippen molar-refractivity contribution < 1.29 is 0 Å². The highest BCUT2D eigenvalue weighted by Crippen LogP contribution is 2.28. The third-order valence-electron chi connectivity index (χ3n) is 4.76. The summed E-state index contributed by atoms with van der Waals surface area (Å²) in [7, 11) is 0. The molecule has 3 aromatic carbocycles. The van der Waals surface area contributed by atoms with E-state index >= 15 is 0 Å². The Balaban J connectivity index is 1.98. The lowest BCUT2D eigenvalue weighted by molar-refractivity contribution is 1.40. The fourth-order valence-corrected chi connectivity index (χ4v) is 3.46. The SMILES string of the molecule is C=C/C=C(\C=C/C)C(=N)N=C(N=C)c1cccc(-c2cccc(-c3cccc(Cl)c3)c2)c1. The number of nitrogens with zero attached hydrogens (tertiary/aromatic N) is 2. The Bertz CT molecular complexity index is 1250. The van der Waals surface area contributed by atoms with Crippen LogP contribution in [0.4, 0.5) is 0 Å². The van der Waals surface area contributed by atoms with E-state index < -0.39 is 0 Å². The molecule has 158 valence electrons. The van der Waals surface area contributed by atoms with Gasteiger partial charge in [-0.05, 0) is 60.2 Å². The lowest BCUT2D eigenvalue weighted by Crippen LogP contribution is -2.04. The fourth-order valence-electron chi connectivity index (χ4n) is 3.27. The zero-order chi connectivity index (χ0) is 22.9. The summed E-state index contributed by atoms with van der Waals surface area (Å²) < 4.78 is 0. The fraction of sp³-hybridized carbons (Fsp3) is 0.0357. The molecule has 0 heterocycles. The van der Waals surface area contributed by atoms with Crippen LogP contribution in [-0.2, 0) is 0 Å². The summed E-state index contributed by atoms with van der Waals surface area (Å²) in [6.07, 6.45) is 7.04. The molecule has 1 N–H and O–H groups in total.